The first-order valence-electron chi connectivity index (χ1n) is 10.3. The number of alkyl halides is 3. The Morgan fingerprint density at radius 1 is 0.971 bits per heavy atom. The second-order valence-corrected chi connectivity index (χ2v) is 7.77. The Labute approximate surface area is 196 Å². The Morgan fingerprint density at radius 2 is 1.63 bits per heavy atom. The first-order chi connectivity index (χ1) is 16.6. The van der Waals surface area contributed by atoms with Gasteiger partial charge >= 0.3 is 12.2 Å². The molecule has 2 heterocycles. The van der Waals surface area contributed by atoms with Crippen LogP contribution in [-0.4, -0.2) is 28.0 Å². The summed E-state index contributed by atoms with van der Waals surface area (Å²) < 4.78 is 71.5. The maximum absolute atomic E-state index is 14.7. The lowest BCUT2D eigenvalue weighted by atomic mass is 9.83. The average molecular weight is 485 g/mol. The molecule has 1 atom stereocenters. The van der Waals surface area contributed by atoms with E-state index in [4.69, 9.17) is 0 Å². The van der Waals surface area contributed by atoms with Crippen LogP contribution in [0.15, 0.2) is 67.0 Å². The van der Waals surface area contributed by atoms with Crippen LogP contribution in [-0.2, 0) is 16.9 Å². The van der Waals surface area contributed by atoms with Gasteiger partial charge in [-0.05, 0) is 29.8 Å². The average Bonchev–Trinajstić information content (AvgIpc) is 2.82. The molecule has 1 fully saturated rings. The normalized spacial score (nSPS) is 18.0. The first kappa shape index (κ1) is 23.9. The van der Waals surface area contributed by atoms with Crippen LogP contribution < -0.4 is 5.32 Å². The van der Waals surface area contributed by atoms with E-state index in [2.05, 4.69) is 16.8 Å². The molecule has 0 radical (unpaired) electrons. The molecule has 0 unspecified atom stereocenters. The van der Waals surface area contributed by atoms with Crippen molar-refractivity contribution in [2.75, 3.05) is 0 Å². The van der Waals surface area contributed by atoms with Gasteiger partial charge in [0.05, 0.1) is 13.0 Å². The SMILES string of the molecule is O=C1C[C@](c2ccccc2)(C(F)(F)F)NC(=O)N1Cc1c(F)cc(C#Cc2cccnc2)cc1F. The van der Waals surface area contributed by atoms with Gasteiger partial charge in [-0.25, -0.2) is 13.6 Å². The number of aromatic nitrogens is 1. The van der Waals surface area contributed by atoms with E-state index in [1.807, 2.05) is 5.32 Å². The van der Waals surface area contributed by atoms with Crippen molar-refractivity contribution in [3.05, 3.63) is 101 Å². The first-order valence-corrected chi connectivity index (χ1v) is 10.3. The zero-order chi connectivity index (χ0) is 25.2. The highest BCUT2D eigenvalue weighted by atomic mass is 19.4. The molecule has 1 N–H and O–H groups in total. The zero-order valence-electron chi connectivity index (χ0n) is 17.9. The van der Waals surface area contributed by atoms with Crippen molar-refractivity contribution in [2.24, 2.45) is 0 Å². The minimum Gasteiger partial charge on any atom is -0.319 e. The number of nitrogens with zero attached hydrogens (tertiary/aromatic N) is 2. The van der Waals surface area contributed by atoms with Gasteiger partial charge in [-0.3, -0.25) is 14.7 Å². The number of benzene rings is 2. The van der Waals surface area contributed by atoms with Crippen LogP contribution in [0.1, 0.15) is 28.7 Å². The van der Waals surface area contributed by atoms with Crippen LogP contribution in [0.5, 0.6) is 0 Å². The van der Waals surface area contributed by atoms with E-state index in [-0.39, 0.29) is 11.1 Å². The maximum atomic E-state index is 14.7. The standard InChI is InChI=1S/C25H16F5N3O2/c26-20-11-17(9-8-16-5-4-10-31-14-16)12-21(27)19(20)15-33-22(34)13-24(25(28,29)30,32-23(33)35)18-6-2-1-3-7-18/h1-7,10-12,14H,13,15H2,(H,32,35)/t24-/m0/s1. The third-order valence-electron chi connectivity index (χ3n) is 5.50. The van der Waals surface area contributed by atoms with Crippen molar-refractivity contribution >= 4 is 11.9 Å². The van der Waals surface area contributed by atoms with Crippen LogP contribution in [0.2, 0.25) is 0 Å². The Hall–Kier alpha value is -4.26. The molecule has 5 nitrogen and oxygen atoms in total. The van der Waals surface area contributed by atoms with Crippen molar-refractivity contribution < 1.29 is 31.5 Å². The summed E-state index contributed by atoms with van der Waals surface area (Å²) in [5.74, 6) is 1.84. The maximum Gasteiger partial charge on any atom is 0.416 e. The summed E-state index contributed by atoms with van der Waals surface area (Å²) in [7, 11) is 0. The smallest absolute Gasteiger partial charge is 0.319 e. The Kier molecular flexibility index (Phi) is 6.26. The van der Waals surface area contributed by atoms with Crippen LogP contribution >= 0.6 is 0 Å². The highest BCUT2D eigenvalue weighted by Crippen LogP contribution is 2.44. The molecule has 10 heteroatoms. The zero-order valence-corrected chi connectivity index (χ0v) is 17.9. The van der Waals surface area contributed by atoms with E-state index in [1.54, 1.807) is 12.1 Å². The monoisotopic (exact) mass is 485 g/mol. The van der Waals surface area contributed by atoms with Gasteiger partial charge < -0.3 is 5.32 Å². The fourth-order valence-corrected chi connectivity index (χ4v) is 3.69. The molecular weight excluding hydrogens is 469 g/mol. The lowest BCUT2D eigenvalue weighted by molar-refractivity contribution is -0.206. The van der Waals surface area contributed by atoms with Crippen molar-refractivity contribution in [1.82, 2.24) is 15.2 Å². The lowest BCUT2D eigenvalue weighted by Gasteiger charge is -2.42. The summed E-state index contributed by atoms with van der Waals surface area (Å²) in [6.07, 6.45) is -3.16. The van der Waals surface area contributed by atoms with Gasteiger partial charge in [-0.1, -0.05) is 42.2 Å². The quantitative estimate of drug-likeness (QED) is 0.434. The molecule has 3 aromatic rings. The molecule has 1 aliphatic heterocycles. The number of halogens is 5. The summed E-state index contributed by atoms with van der Waals surface area (Å²) in [5.41, 5.74) is -3.44. The van der Waals surface area contributed by atoms with Gasteiger partial charge in [0.25, 0.3) is 0 Å². The lowest BCUT2D eigenvalue weighted by Crippen LogP contribution is -2.65. The highest BCUT2D eigenvalue weighted by Gasteiger charge is 2.61. The van der Waals surface area contributed by atoms with Crippen LogP contribution in [0, 0.1) is 23.5 Å². The molecule has 1 saturated heterocycles. The number of rotatable bonds is 3. The number of pyridine rings is 1. The van der Waals surface area contributed by atoms with Gasteiger partial charge in [0, 0.05) is 29.1 Å². The molecule has 2 aromatic carbocycles. The summed E-state index contributed by atoms with van der Waals surface area (Å²) in [6.45, 7) is -0.888. The molecule has 35 heavy (non-hydrogen) atoms. The molecule has 178 valence electrons. The van der Waals surface area contributed by atoms with Gasteiger partial charge in [0.1, 0.15) is 11.6 Å². The third kappa shape index (κ3) is 4.71. The van der Waals surface area contributed by atoms with Crippen molar-refractivity contribution in [3.8, 4) is 11.8 Å². The van der Waals surface area contributed by atoms with Gasteiger partial charge in [0.15, 0.2) is 5.54 Å². The Balaban J connectivity index is 1.59. The van der Waals surface area contributed by atoms with Crippen molar-refractivity contribution in [1.29, 1.82) is 0 Å². The number of nitrogens with one attached hydrogen (secondary N) is 1. The molecule has 0 bridgehead atoms. The van der Waals surface area contributed by atoms with Crippen LogP contribution in [0.4, 0.5) is 26.7 Å². The van der Waals surface area contributed by atoms with Gasteiger partial charge in [-0.2, -0.15) is 13.2 Å². The predicted octanol–water partition coefficient (Wildman–Crippen LogP) is 4.66. The second kappa shape index (κ2) is 9.18. The number of imide groups is 1. The number of urea groups is 1. The number of hydrogen-bond acceptors (Lipinski definition) is 3. The predicted molar refractivity (Wildman–Crippen MR) is 114 cm³/mol. The third-order valence-corrected chi connectivity index (χ3v) is 5.50. The van der Waals surface area contributed by atoms with Crippen LogP contribution in [0.25, 0.3) is 0 Å². The second-order valence-electron chi connectivity index (χ2n) is 7.77. The minimum atomic E-state index is -5.00. The molecule has 1 aliphatic rings. The van der Waals surface area contributed by atoms with E-state index in [0.717, 1.165) is 24.3 Å². The highest BCUT2D eigenvalue weighted by molar-refractivity contribution is 5.98. The number of hydrogen-bond donors (Lipinski definition) is 1. The largest absolute Gasteiger partial charge is 0.416 e. The molecule has 0 spiro atoms. The van der Waals surface area contributed by atoms with Gasteiger partial charge in [-0.15, -0.1) is 0 Å². The fraction of sp³-hybridized carbons (Fsp3) is 0.160. The number of carbonyl (C=O) groups is 2. The summed E-state index contributed by atoms with van der Waals surface area (Å²) in [6, 6.07) is 10.2. The Bertz CT molecular complexity index is 1290. The number of carbonyl (C=O) groups excluding carboxylic acids is 2. The van der Waals surface area contributed by atoms with E-state index >= 15 is 0 Å². The molecule has 0 saturated carbocycles. The molecule has 3 amide bonds. The van der Waals surface area contributed by atoms with Crippen LogP contribution in [0.3, 0.4) is 0 Å². The van der Waals surface area contributed by atoms with E-state index in [0.29, 0.717) is 10.5 Å². The topological polar surface area (TPSA) is 62.3 Å². The summed E-state index contributed by atoms with van der Waals surface area (Å²) >= 11 is 0. The fourth-order valence-electron chi connectivity index (χ4n) is 3.69. The molecule has 4 rings (SSSR count). The molecule has 0 aliphatic carbocycles. The number of amides is 3. The molecular formula is C25H16F5N3O2. The summed E-state index contributed by atoms with van der Waals surface area (Å²) in [4.78, 5) is 29.5. The van der Waals surface area contributed by atoms with E-state index in [1.165, 1.54) is 30.6 Å². The van der Waals surface area contributed by atoms with E-state index < -0.39 is 53.8 Å². The van der Waals surface area contributed by atoms with E-state index in [9.17, 15) is 31.5 Å². The van der Waals surface area contributed by atoms with Crippen molar-refractivity contribution in [2.45, 2.75) is 24.7 Å². The molecule has 1 aromatic heterocycles. The Morgan fingerprint density at radius 3 is 2.20 bits per heavy atom. The summed E-state index contributed by atoms with van der Waals surface area (Å²) in [5, 5.41) is 1.84. The minimum absolute atomic E-state index is 0.0119. The van der Waals surface area contributed by atoms with Gasteiger partial charge in [0.2, 0.25) is 5.91 Å². The van der Waals surface area contributed by atoms with Crippen molar-refractivity contribution in [3.63, 3.8) is 0 Å².